The topological polar surface area (TPSA) is 58.4 Å². The predicted molar refractivity (Wildman–Crippen MR) is 82.1 cm³/mol. The van der Waals surface area contributed by atoms with E-state index in [0.717, 1.165) is 24.6 Å². The Labute approximate surface area is 125 Å². The molecule has 1 atom stereocenters. The molecule has 114 valence electrons. The average molecular weight is 289 g/mol. The second-order valence-electron chi connectivity index (χ2n) is 6.20. The molecule has 21 heavy (non-hydrogen) atoms. The summed E-state index contributed by atoms with van der Waals surface area (Å²) in [5, 5.41) is 14.7. The first-order chi connectivity index (χ1) is 10.2. The summed E-state index contributed by atoms with van der Waals surface area (Å²) in [6, 6.07) is 7.81. The van der Waals surface area contributed by atoms with Crippen LogP contribution in [0.25, 0.3) is 0 Å². The van der Waals surface area contributed by atoms with Crippen molar-refractivity contribution in [2.75, 3.05) is 19.6 Å². The summed E-state index contributed by atoms with van der Waals surface area (Å²) < 4.78 is 0. The van der Waals surface area contributed by atoms with Gasteiger partial charge in [-0.2, -0.15) is 0 Å². The van der Waals surface area contributed by atoms with Gasteiger partial charge in [-0.15, -0.1) is 0 Å². The highest BCUT2D eigenvalue weighted by Gasteiger charge is 2.28. The number of nitro benzene ring substituents is 1. The number of benzene rings is 1. The molecule has 5 nitrogen and oxygen atoms in total. The van der Waals surface area contributed by atoms with E-state index in [1.807, 2.05) is 12.1 Å². The van der Waals surface area contributed by atoms with Gasteiger partial charge in [0, 0.05) is 24.2 Å². The predicted octanol–water partition coefficient (Wildman–Crippen LogP) is 2.56. The maximum Gasteiger partial charge on any atom is 0.273 e. The molecule has 0 saturated carbocycles. The van der Waals surface area contributed by atoms with Crippen LogP contribution in [0.15, 0.2) is 24.3 Å². The molecule has 0 aromatic heterocycles. The number of likely N-dealkylation sites (tertiary alicyclic amines) is 1. The summed E-state index contributed by atoms with van der Waals surface area (Å²) in [6.45, 7) is 3.97. The van der Waals surface area contributed by atoms with Crippen LogP contribution in [-0.2, 0) is 6.54 Å². The lowest BCUT2D eigenvalue weighted by Gasteiger charge is -2.34. The number of nitrogens with one attached hydrogen (secondary N) is 1. The zero-order chi connectivity index (χ0) is 14.7. The molecule has 2 aliphatic heterocycles. The van der Waals surface area contributed by atoms with Crippen molar-refractivity contribution in [3.63, 3.8) is 0 Å². The molecule has 2 fully saturated rings. The van der Waals surface area contributed by atoms with Crippen LogP contribution >= 0.6 is 0 Å². The van der Waals surface area contributed by atoms with E-state index >= 15 is 0 Å². The lowest BCUT2D eigenvalue weighted by molar-refractivity contribution is -0.385. The van der Waals surface area contributed by atoms with Crippen LogP contribution in [0.1, 0.15) is 31.2 Å². The van der Waals surface area contributed by atoms with Gasteiger partial charge < -0.3 is 5.32 Å². The Morgan fingerprint density at radius 1 is 1.24 bits per heavy atom. The van der Waals surface area contributed by atoms with Crippen LogP contribution in [0.4, 0.5) is 5.69 Å². The Bertz CT molecular complexity index is 492. The van der Waals surface area contributed by atoms with Crippen LogP contribution in [0.3, 0.4) is 0 Å². The van der Waals surface area contributed by atoms with E-state index in [2.05, 4.69) is 10.2 Å². The summed E-state index contributed by atoms with van der Waals surface area (Å²) >= 11 is 0. The standard InChI is InChI=1S/C16H23N3O2/c20-19(21)16-6-2-1-4-14(16)12-18-10-7-13(8-11-18)15-5-3-9-17-15/h1-2,4,6,13,15,17H,3,5,7-12H2. The first kappa shape index (κ1) is 14.5. The van der Waals surface area contributed by atoms with E-state index < -0.39 is 0 Å². The van der Waals surface area contributed by atoms with Crippen molar-refractivity contribution in [2.45, 2.75) is 38.3 Å². The van der Waals surface area contributed by atoms with E-state index in [0.29, 0.717) is 12.6 Å². The number of nitro groups is 1. The van der Waals surface area contributed by atoms with E-state index in [-0.39, 0.29) is 10.6 Å². The molecule has 2 saturated heterocycles. The summed E-state index contributed by atoms with van der Waals surface area (Å²) in [5.74, 6) is 0.787. The SMILES string of the molecule is O=[N+]([O-])c1ccccc1CN1CCC(C2CCCN2)CC1. The van der Waals surface area contributed by atoms with E-state index in [9.17, 15) is 10.1 Å². The molecule has 3 rings (SSSR count). The fraction of sp³-hybridized carbons (Fsp3) is 0.625. The van der Waals surface area contributed by atoms with Crippen LogP contribution in [0, 0.1) is 16.0 Å². The normalized spacial score (nSPS) is 24.3. The number of piperidine rings is 1. The van der Waals surface area contributed by atoms with Gasteiger partial charge in [0.2, 0.25) is 0 Å². The van der Waals surface area contributed by atoms with Crippen molar-refractivity contribution in [2.24, 2.45) is 5.92 Å². The van der Waals surface area contributed by atoms with Crippen molar-refractivity contribution in [1.29, 1.82) is 0 Å². The maximum atomic E-state index is 11.1. The highest BCUT2D eigenvalue weighted by molar-refractivity contribution is 5.39. The van der Waals surface area contributed by atoms with Gasteiger partial charge in [-0.05, 0) is 51.2 Å². The molecule has 2 aliphatic rings. The van der Waals surface area contributed by atoms with E-state index in [1.54, 1.807) is 12.1 Å². The third-order valence-corrected chi connectivity index (χ3v) is 4.88. The fourth-order valence-electron chi connectivity index (χ4n) is 3.69. The Hall–Kier alpha value is -1.46. The molecule has 1 aromatic rings. The van der Waals surface area contributed by atoms with Gasteiger partial charge in [-0.3, -0.25) is 15.0 Å². The van der Waals surface area contributed by atoms with Crippen LogP contribution in [0.5, 0.6) is 0 Å². The number of hydrogen-bond donors (Lipinski definition) is 1. The van der Waals surface area contributed by atoms with Gasteiger partial charge >= 0.3 is 0 Å². The van der Waals surface area contributed by atoms with Gasteiger partial charge in [0.15, 0.2) is 0 Å². The molecule has 5 heteroatoms. The lowest BCUT2D eigenvalue weighted by atomic mass is 9.88. The molecule has 0 spiro atoms. The summed E-state index contributed by atoms with van der Waals surface area (Å²) in [7, 11) is 0. The number of rotatable bonds is 4. The summed E-state index contributed by atoms with van der Waals surface area (Å²) in [6.07, 6.45) is 5.03. The lowest BCUT2D eigenvalue weighted by Crippen LogP contribution is -2.40. The third-order valence-electron chi connectivity index (χ3n) is 4.88. The van der Waals surface area contributed by atoms with Gasteiger partial charge in [0.1, 0.15) is 0 Å². The molecule has 1 unspecified atom stereocenters. The number of hydrogen-bond acceptors (Lipinski definition) is 4. The first-order valence-corrected chi connectivity index (χ1v) is 7.92. The van der Waals surface area contributed by atoms with Gasteiger partial charge in [0.05, 0.1) is 4.92 Å². The van der Waals surface area contributed by atoms with Gasteiger partial charge in [-0.1, -0.05) is 18.2 Å². The highest BCUT2D eigenvalue weighted by Crippen LogP contribution is 2.27. The minimum absolute atomic E-state index is 0.247. The van der Waals surface area contributed by atoms with Crippen LogP contribution in [0.2, 0.25) is 0 Å². The molecule has 0 radical (unpaired) electrons. The molecule has 0 aliphatic carbocycles. The average Bonchev–Trinajstić information content (AvgIpc) is 3.03. The third kappa shape index (κ3) is 3.41. The Morgan fingerprint density at radius 2 is 2.00 bits per heavy atom. The van der Waals surface area contributed by atoms with Crippen molar-refractivity contribution in [3.8, 4) is 0 Å². The highest BCUT2D eigenvalue weighted by atomic mass is 16.6. The second kappa shape index (κ2) is 6.54. The smallest absolute Gasteiger partial charge is 0.273 e. The zero-order valence-corrected chi connectivity index (χ0v) is 12.3. The maximum absolute atomic E-state index is 11.1. The molecule has 2 heterocycles. The van der Waals surface area contributed by atoms with Gasteiger partial charge in [-0.25, -0.2) is 0 Å². The van der Waals surface area contributed by atoms with Crippen molar-refractivity contribution in [3.05, 3.63) is 39.9 Å². The van der Waals surface area contributed by atoms with Gasteiger partial charge in [0.25, 0.3) is 5.69 Å². The molecule has 1 aromatic carbocycles. The van der Waals surface area contributed by atoms with Crippen molar-refractivity contribution >= 4 is 5.69 Å². The van der Waals surface area contributed by atoms with Crippen LogP contribution < -0.4 is 5.32 Å². The quantitative estimate of drug-likeness (QED) is 0.683. The Morgan fingerprint density at radius 3 is 2.67 bits per heavy atom. The van der Waals surface area contributed by atoms with E-state index in [1.165, 1.54) is 32.2 Å². The molecular formula is C16H23N3O2. The summed E-state index contributed by atoms with van der Waals surface area (Å²) in [5.41, 5.74) is 1.08. The number of para-hydroxylation sites is 1. The monoisotopic (exact) mass is 289 g/mol. The van der Waals surface area contributed by atoms with Crippen molar-refractivity contribution < 1.29 is 4.92 Å². The molecular weight excluding hydrogens is 266 g/mol. The fourth-order valence-corrected chi connectivity index (χ4v) is 3.69. The van der Waals surface area contributed by atoms with Crippen LogP contribution in [-0.4, -0.2) is 35.5 Å². The molecule has 1 N–H and O–H groups in total. The minimum atomic E-state index is -0.273. The minimum Gasteiger partial charge on any atom is -0.314 e. The van der Waals surface area contributed by atoms with E-state index in [4.69, 9.17) is 0 Å². The first-order valence-electron chi connectivity index (χ1n) is 7.92. The Balaban J connectivity index is 1.57. The molecule has 0 amide bonds. The summed E-state index contributed by atoms with van der Waals surface area (Å²) in [4.78, 5) is 13.1. The number of nitrogens with zero attached hydrogens (tertiary/aromatic N) is 2. The second-order valence-corrected chi connectivity index (χ2v) is 6.20. The molecule has 0 bridgehead atoms. The van der Waals surface area contributed by atoms with Crippen molar-refractivity contribution in [1.82, 2.24) is 10.2 Å². The zero-order valence-electron chi connectivity index (χ0n) is 12.3. The largest absolute Gasteiger partial charge is 0.314 e. The Kier molecular flexibility index (Phi) is 4.51.